The second-order valence-corrected chi connectivity index (χ2v) is 9.47. The zero-order valence-corrected chi connectivity index (χ0v) is 16.8. The Labute approximate surface area is 160 Å². The zero-order valence-electron chi connectivity index (χ0n) is 15.2. The average molecular weight is 401 g/mol. The molecule has 0 amide bonds. The lowest BCUT2D eigenvalue weighted by Crippen LogP contribution is -2.44. The first-order valence-corrected chi connectivity index (χ1v) is 9.96. The Morgan fingerprint density at radius 2 is 2.00 bits per heavy atom. The molecule has 0 aliphatic heterocycles. The van der Waals surface area contributed by atoms with Crippen LogP contribution >= 0.6 is 12.4 Å². The van der Waals surface area contributed by atoms with Crippen LogP contribution in [0.5, 0.6) is 0 Å². The molecule has 0 spiro atoms. The van der Waals surface area contributed by atoms with Gasteiger partial charge in [-0.25, -0.2) is 13.1 Å². The van der Waals surface area contributed by atoms with E-state index in [4.69, 9.17) is 10.3 Å². The standard InChI is InChI=1S/C17H24N4O3S.ClH/c1-16(2,3)21-25(22,23)11-12-6-4-7-13(10-12)14-19-15(20-24-14)17(18)8-5-9-17;/h4,6-7,10,21H,5,8-9,11,18H2,1-3H3;1H. The number of nitrogens with zero attached hydrogens (tertiary/aromatic N) is 2. The van der Waals surface area contributed by atoms with E-state index in [1.54, 1.807) is 18.2 Å². The van der Waals surface area contributed by atoms with Gasteiger partial charge in [0.25, 0.3) is 5.89 Å². The Hall–Kier alpha value is -1.48. The number of halogens is 1. The molecule has 26 heavy (non-hydrogen) atoms. The molecule has 3 N–H and O–H groups in total. The van der Waals surface area contributed by atoms with Crippen LogP contribution in [-0.4, -0.2) is 24.1 Å². The van der Waals surface area contributed by atoms with Gasteiger partial charge in [0.05, 0.1) is 11.3 Å². The lowest BCUT2D eigenvalue weighted by molar-refractivity contribution is 0.229. The first kappa shape index (κ1) is 20.8. The van der Waals surface area contributed by atoms with Crippen LogP contribution in [0.15, 0.2) is 28.8 Å². The fourth-order valence-electron chi connectivity index (χ4n) is 2.84. The van der Waals surface area contributed by atoms with Gasteiger partial charge in [-0.3, -0.25) is 0 Å². The van der Waals surface area contributed by atoms with Crippen molar-refractivity contribution in [2.45, 2.75) is 56.9 Å². The van der Waals surface area contributed by atoms with Crippen molar-refractivity contribution in [1.29, 1.82) is 0 Å². The molecule has 0 radical (unpaired) electrons. The predicted octanol–water partition coefficient (Wildman–Crippen LogP) is 2.71. The van der Waals surface area contributed by atoms with Gasteiger partial charge in [0, 0.05) is 11.1 Å². The van der Waals surface area contributed by atoms with Gasteiger partial charge in [-0.1, -0.05) is 17.3 Å². The second-order valence-electron chi connectivity index (χ2n) is 7.74. The fraction of sp³-hybridized carbons (Fsp3) is 0.529. The maximum Gasteiger partial charge on any atom is 0.258 e. The van der Waals surface area contributed by atoms with E-state index < -0.39 is 21.1 Å². The highest BCUT2D eigenvalue weighted by Gasteiger charge is 2.39. The number of rotatable bonds is 5. The van der Waals surface area contributed by atoms with Crippen LogP contribution in [0.1, 0.15) is 51.4 Å². The summed E-state index contributed by atoms with van der Waals surface area (Å²) in [6.45, 7) is 5.43. The highest BCUT2D eigenvalue weighted by Crippen LogP contribution is 2.37. The van der Waals surface area contributed by atoms with E-state index in [0.717, 1.165) is 19.3 Å². The van der Waals surface area contributed by atoms with Gasteiger partial charge in [0.1, 0.15) is 0 Å². The number of nitrogens with two attached hydrogens (primary N) is 1. The molecule has 9 heteroatoms. The van der Waals surface area contributed by atoms with Gasteiger partial charge in [0.2, 0.25) is 10.0 Å². The number of nitrogens with one attached hydrogen (secondary N) is 1. The lowest BCUT2D eigenvalue weighted by Gasteiger charge is -2.34. The van der Waals surface area contributed by atoms with E-state index in [9.17, 15) is 8.42 Å². The lowest BCUT2D eigenvalue weighted by atomic mass is 9.77. The van der Waals surface area contributed by atoms with Crippen LogP contribution in [-0.2, 0) is 21.3 Å². The SMILES string of the molecule is CC(C)(C)NS(=O)(=O)Cc1cccc(-c2nc(C3(N)CCC3)no2)c1.Cl. The van der Waals surface area contributed by atoms with Gasteiger partial charge in [-0.05, 0) is 57.7 Å². The van der Waals surface area contributed by atoms with Crippen LogP contribution in [0, 0.1) is 0 Å². The Bertz CT molecular complexity index is 870. The van der Waals surface area contributed by atoms with Crippen molar-refractivity contribution in [2.24, 2.45) is 5.73 Å². The van der Waals surface area contributed by atoms with Crippen molar-refractivity contribution in [1.82, 2.24) is 14.9 Å². The number of aromatic nitrogens is 2. The Balaban J connectivity index is 0.00000243. The van der Waals surface area contributed by atoms with Crippen molar-refractivity contribution in [2.75, 3.05) is 0 Å². The van der Waals surface area contributed by atoms with Crippen LogP contribution < -0.4 is 10.5 Å². The minimum Gasteiger partial charge on any atom is -0.334 e. The number of sulfonamides is 1. The van der Waals surface area contributed by atoms with Crippen LogP contribution in [0.3, 0.4) is 0 Å². The van der Waals surface area contributed by atoms with Gasteiger partial charge >= 0.3 is 0 Å². The molecule has 1 aliphatic rings. The molecule has 7 nitrogen and oxygen atoms in total. The van der Waals surface area contributed by atoms with E-state index in [1.165, 1.54) is 0 Å². The maximum atomic E-state index is 12.3. The summed E-state index contributed by atoms with van der Waals surface area (Å²) >= 11 is 0. The highest BCUT2D eigenvalue weighted by atomic mass is 35.5. The summed E-state index contributed by atoms with van der Waals surface area (Å²) in [4.78, 5) is 4.40. The van der Waals surface area contributed by atoms with E-state index in [1.807, 2.05) is 26.8 Å². The number of hydrogen-bond donors (Lipinski definition) is 2. The van der Waals surface area contributed by atoms with Crippen molar-refractivity contribution in [3.63, 3.8) is 0 Å². The van der Waals surface area contributed by atoms with E-state index >= 15 is 0 Å². The van der Waals surface area contributed by atoms with E-state index in [2.05, 4.69) is 14.9 Å². The van der Waals surface area contributed by atoms with Crippen molar-refractivity contribution in [3.8, 4) is 11.5 Å². The third-order valence-electron chi connectivity index (χ3n) is 4.11. The summed E-state index contributed by atoms with van der Waals surface area (Å²) in [7, 11) is -3.44. The van der Waals surface area contributed by atoms with Crippen molar-refractivity contribution < 1.29 is 12.9 Å². The quantitative estimate of drug-likeness (QED) is 0.798. The predicted molar refractivity (Wildman–Crippen MR) is 102 cm³/mol. The maximum absolute atomic E-state index is 12.3. The largest absolute Gasteiger partial charge is 0.334 e. The summed E-state index contributed by atoms with van der Waals surface area (Å²) in [6, 6.07) is 7.11. The summed E-state index contributed by atoms with van der Waals surface area (Å²) in [6.07, 6.45) is 2.76. The Morgan fingerprint density at radius 3 is 2.58 bits per heavy atom. The van der Waals surface area contributed by atoms with Crippen molar-refractivity contribution >= 4 is 22.4 Å². The number of benzene rings is 1. The Kier molecular flexibility index (Phi) is 5.82. The molecule has 0 unspecified atom stereocenters. The highest BCUT2D eigenvalue weighted by molar-refractivity contribution is 7.88. The Morgan fingerprint density at radius 1 is 1.31 bits per heavy atom. The topological polar surface area (TPSA) is 111 Å². The molecular formula is C17H25ClN4O3S. The van der Waals surface area contributed by atoms with E-state index in [0.29, 0.717) is 22.8 Å². The van der Waals surface area contributed by atoms with Gasteiger partial charge < -0.3 is 10.3 Å². The first-order chi connectivity index (χ1) is 11.6. The molecule has 3 rings (SSSR count). The fourth-order valence-corrected chi connectivity index (χ4v) is 4.46. The van der Waals surface area contributed by atoms with Crippen LogP contribution in [0.2, 0.25) is 0 Å². The molecule has 1 fully saturated rings. The molecule has 1 heterocycles. The van der Waals surface area contributed by atoms with Crippen LogP contribution in [0.4, 0.5) is 0 Å². The third-order valence-corrected chi connectivity index (χ3v) is 5.75. The monoisotopic (exact) mass is 400 g/mol. The van der Waals surface area contributed by atoms with Gasteiger partial charge in [0.15, 0.2) is 5.82 Å². The summed E-state index contributed by atoms with van der Waals surface area (Å²) in [5.41, 5.74) is 6.55. The normalized spacial score (nSPS) is 16.6. The second kappa shape index (κ2) is 7.26. The molecule has 1 saturated carbocycles. The molecule has 1 aromatic carbocycles. The summed E-state index contributed by atoms with van der Waals surface area (Å²) in [5.74, 6) is 0.760. The van der Waals surface area contributed by atoms with Gasteiger partial charge in [-0.2, -0.15) is 4.98 Å². The summed E-state index contributed by atoms with van der Waals surface area (Å²) in [5, 5.41) is 4.00. The summed E-state index contributed by atoms with van der Waals surface area (Å²) < 4.78 is 32.5. The molecular weight excluding hydrogens is 376 g/mol. The van der Waals surface area contributed by atoms with Gasteiger partial charge in [-0.15, -0.1) is 12.4 Å². The zero-order chi connectivity index (χ0) is 18.3. The molecule has 2 aromatic rings. The molecule has 144 valence electrons. The smallest absolute Gasteiger partial charge is 0.258 e. The molecule has 1 aliphatic carbocycles. The molecule has 0 bridgehead atoms. The molecule has 1 aromatic heterocycles. The van der Waals surface area contributed by atoms with E-state index in [-0.39, 0.29) is 18.2 Å². The minimum absolute atomic E-state index is 0. The minimum atomic E-state index is -3.44. The first-order valence-electron chi connectivity index (χ1n) is 8.30. The molecule has 0 saturated heterocycles. The average Bonchev–Trinajstić information content (AvgIpc) is 2.91. The van der Waals surface area contributed by atoms with Crippen LogP contribution in [0.25, 0.3) is 11.5 Å². The molecule has 0 atom stereocenters. The van der Waals surface area contributed by atoms with Crippen molar-refractivity contribution in [3.05, 3.63) is 35.7 Å². The third kappa shape index (κ3) is 4.82. The number of hydrogen-bond acceptors (Lipinski definition) is 6.